The average Bonchev–Trinajstić information content (AvgIpc) is 3.51. The number of aliphatic hydroxyl groups is 1. The van der Waals surface area contributed by atoms with Crippen molar-refractivity contribution in [1.82, 2.24) is 20.1 Å². The van der Waals surface area contributed by atoms with E-state index in [9.17, 15) is 9.90 Å². The third-order valence-corrected chi connectivity index (χ3v) is 9.28. The van der Waals surface area contributed by atoms with E-state index in [0.717, 1.165) is 38.5 Å². The Kier molecular flexibility index (Phi) is 9.71. The number of aryl methyl sites for hydroxylation is 1. The summed E-state index contributed by atoms with van der Waals surface area (Å²) in [6.45, 7) is 2.57. The van der Waals surface area contributed by atoms with Gasteiger partial charge in [-0.2, -0.15) is 0 Å². The fourth-order valence-corrected chi connectivity index (χ4v) is 6.56. The van der Waals surface area contributed by atoms with E-state index in [4.69, 9.17) is 9.47 Å². The Morgan fingerprint density at radius 1 is 0.911 bits per heavy atom. The van der Waals surface area contributed by atoms with Crippen LogP contribution in [0.15, 0.2) is 115 Å². The molecule has 2 N–H and O–H groups in total. The van der Waals surface area contributed by atoms with Crippen LogP contribution in [0.25, 0.3) is 11.1 Å². The van der Waals surface area contributed by atoms with E-state index < -0.39 is 6.29 Å². The molecule has 0 aliphatic carbocycles. The second kappa shape index (κ2) is 14.2. The lowest BCUT2D eigenvalue weighted by atomic mass is 9.91. The molecule has 1 saturated heterocycles. The monoisotopic (exact) mass is 620 g/mol. The lowest BCUT2D eigenvalue weighted by Crippen LogP contribution is -2.38. The first-order valence-electron chi connectivity index (χ1n) is 15.0. The van der Waals surface area contributed by atoms with Gasteiger partial charge in [0.15, 0.2) is 11.4 Å². The molecule has 1 aromatic heterocycles. The summed E-state index contributed by atoms with van der Waals surface area (Å²) in [5.41, 5.74) is 6.59. The number of rotatable bonds is 10. The molecule has 0 unspecified atom stereocenters. The van der Waals surface area contributed by atoms with E-state index >= 15 is 0 Å². The van der Waals surface area contributed by atoms with Gasteiger partial charge in [0.05, 0.1) is 18.8 Å². The fourth-order valence-electron chi connectivity index (χ4n) is 5.51. The molecule has 0 bridgehead atoms. The molecule has 1 amide bonds. The number of carbonyl (C=O) groups is 1. The van der Waals surface area contributed by atoms with Crippen molar-refractivity contribution < 1.29 is 19.4 Å². The van der Waals surface area contributed by atoms with E-state index in [1.54, 1.807) is 18.1 Å². The number of hydrogen-bond donors (Lipinski definition) is 2. The molecule has 1 aliphatic rings. The molecule has 0 spiro atoms. The van der Waals surface area contributed by atoms with Crippen molar-refractivity contribution in [1.29, 1.82) is 0 Å². The van der Waals surface area contributed by atoms with Crippen LogP contribution in [0.3, 0.4) is 0 Å². The van der Waals surface area contributed by atoms with Gasteiger partial charge in [-0.1, -0.05) is 110 Å². The smallest absolute Gasteiger partial charge is 0.251 e. The molecular formula is C36H36N4O4S. The Morgan fingerprint density at radius 3 is 2.33 bits per heavy atom. The molecular weight excluding hydrogens is 584 g/mol. The van der Waals surface area contributed by atoms with Gasteiger partial charge in [0.2, 0.25) is 0 Å². The lowest BCUT2D eigenvalue weighted by molar-refractivity contribution is -0.268. The molecule has 0 radical (unpaired) electrons. The quantitative estimate of drug-likeness (QED) is 0.172. The van der Waals surface area contributed by atoms with E-state index in [0.29, 0.717) is 17.9 Å². The summed E-state index contributed by atoms with van der Waals surface area (Å²) in [5, 5.41) is 21.7. The zero-order chi connectivity index (χ0) is 31.2. The van der Waals surface area contributed by atoms with Crippen LogP contribution >= 0.6 is 11.8 Å². The number of thioether (sulfide) groups is 1. The summed E-state index contributed by atoms with van der Waals surface area (Å²) in [5.74, 6) is 0.659. The first-order chi connectivity index (χ1) is 22.0. The molecule has 2 heterocycles. The number of aliphatic hydroxyl groups excluding tert-OH is 1. The number of nitrogens with zero attached hydrogens (tertiary/aromatic N) is 3. The van der Waals surface area contributed by atoms with E-state index in [1.807, 2.05) is 96.5 Å². The van der Waals surface area contributed by atoms with Gasteiger partial charge in [-0.05, 0) is 39.9 Å². The van der Waals surface area contributed by atoms with Crippen molar-refractivity contribution in [2.75, 3.05) is 5.75 Å². The molecule has 1 fully saturated rings. The number of benzene rings is 4. The Labute approximate surface area is 267 Å². The van der Waals surface area contributed by atoms with Gasteiger partial charge in [0.1, 0.15) is 6.33 Å². The molecule has 1 aliphatic heterocycles. The van der Waals surface area contributed by atoms with Gasteiger partial charge >= 0.3 is 0 Å². The molecule has 5 aromatic rings. The molecule has 4 atom stereocenters. The van der Waals surface area contributed by atoms with Crippen LogP contribution in [0, 0.1) is 5.92 Å². The number of hydrogen-bond acceptors (Lipinski definition) is 7. The minimum absolute atomic E-state index is 0.00106. The average molecular weight is 621 g/mol. The standard InChI is InChI=1S/C36H36N4O4S/c1-24-32(22-45-36-39-38-23-40(36)2)43-35(44-33(24)27-14-12-25(21-41)13-15-27)29-18-16-26(17-19-29)31-11-7-6-10-30(31)20-37-34(42)28-8-4-3-5-9-28/h3-19,23-24,32-33,35,41H,20-22H2,1-2H3,(H,37,42)/t24-,32+,33+,35+/m1/s1. The van der Waals surface area contributed by atoms with Crippen LogP contribution in [-0.2, 0) is 29.7 Å². The van der Waals surface area contributed by atoms with Gasteiger partial charge in [0, 0.05) is 36.4 Å². The maximum absolute atomic E-state index is 12.7. The highest BCUT2D eigenvalue weighted by molar-refractivity contribution is 7.99. The minimum Gasteiger partial charge on any atom is -0.392 e. The predicted molar refractivity (Wildman–Crippen MR) is 174 cm³/mol. The van der Waals surface area contributed by atoms with Crippen molar-refractivity contribution in [3.05, 3.63) is 137 Å². The van der Waals surface area contributed by atoms with Gasteiger partial charge in [-0.15, -0.1) is 10.2 Å². The molecule has 230 valence electrons. The Bertz CT molecular complexity index is 1710. The largest absolute Gasteiger partial charge is 0.392 e. The third-order valence-electron chi connectivity index (χ3n) is 8.16. The molecule has 0 saturated carbocycles. The highest BCUT2D eigenvalue weighted by atomic mass is 32.2. The first-order valence-corrected chi connectivity index (χ1v) is 16.0. The molecule has 6 rings (SSSR count). The maximum atomic E-state index is 12.7. The van der Waals surface area contributed by atoms with Crippen LogP contribution in [0.5, 0.6) is 0 Å². The SMILES string of the molecule is C[C@@H]1[C@H](CSc2nncn2C)O[C@H](c2ccc(-c3ccccc3CNC(=O)c3ccccc3)cc2)O[C@@H]1c1ccc(CO)cc1. The maximum Gasteiger partial charge on any atom is 0.251 e. The highest BCUT2D eigenvalue weighted by Gasteiger charge is 2.38. The van der Waals surface area contributed by atoms with Gasteiger partial charge in [-0.25, -0.2) is 0 Å². The summed E-state index contributed by atoms with van der Waals surface area (Å²) in [6.07, 6.45) is 0.821. The minimum atomic E-state index is -0.566. The summed E-state index contributed by atoms with van der Waals surface area (Å²) >= 11 is 1.62. The molecule has 45 heavy (non-hydrogen) atoms. The number of carbonyl (C=O) groups excluding carboxylic acids is 1. The lowest BCUT2D eigenvalue weighted by Gasteiger charge is -2.41. The Hall–Kier alpha value is -4.28. The second-order valence-electron chi connectivity index (χ2n) is 11.2. The van der Waals surface area contributed by atoms with E-state index in [2.05, 4.69) is 40.6 Å². The second-order valence-corrected chi connectivity index (χ2v) is 12.2. The van der Waals surface area contributed by atoms with Crippen LogP contribution in [0.1, 0.15) is 51.9 Å². The van der Waals surface area contributed by atoms with Crippen LogP contribution in [0.2, 0.25) is 0 Å². The van der Waals surface area contributed by atoms with Crippen LogP contribution in [0.4, 0.5) is 0 Å². The normalized spacial score (nSPS) is 19.7. The zero-order valence-corrected chi connectivity index (χ0v) is 26.1. The molecule has 4 aromatic carbocycles. The van der Waals surface area contributed by atoms with Crippen LogP contribution in [-0.4, -0.2) is 37.6 Å². The molecule has 8 nitrogen and oxygen atoms in total. The van der Waals surface area contributed by atoms with E-state index in [-0.39, 0.29) is 30.6 Å². The third kappa shape index (κ3) is 7.18. The number of amides is 1. The first kappa shape index (κ1) is 30.7. The predicted octanol–water partition coefficient (Wildman–Crippen LogP) is 6.49. The Balaban J connectivity index is 1.21. The zero-order valence-electron chi connectivity index (χ0n) is 25.2. The number of ether oxygens (including phenoxy) is 2. The van der Waals surface area contributed by atoms with Gasteiger partial charge < -0.3 is 24.5 Å². The number of nitrogens with one attached hydrogen (secondary N) is 1. The van der Waals surface area contributed by atoms with Crippen molar-refractivity contribution in [2.45, 2.75) is 43.7 Å². The summed E-state index contributed by atoms with van der Waals surface area (Å²) in [7, 11) is 1.93. The number of aromatic nitrogens is 3. The highest BCUT2D eigenvalue weighted by Crippen LogP contribution is 2.43. The van der Waals surface area contributed by atoms with Gasteiger partial charge in [0.25, 0.3) is 5.91 Å². The van der Waals surface area contributed by atoms with Crippen molar-refractivity contribution in [3.8, 4) is 11.1 Å². The Morgan fingerprint density at radius 2 is 1.62 bits per heavy atom. The molecule has 9 heteroatoms. The van der Waals surface area contributed by atoms with Crippen LogP contribution < -0.4 is 5.32 Å². The van der Waals surface area contributed by atoms with Crippen molar-refractivity contribution >= 4 is 17.7 Å². The van der Waals surface area contributed by atoms with Crippen molar-refractivity contribution in [3.63, 3.8) is 0 Å². The van der Waals surface area contributed by atoms with Gasteiger partial charge in [-0.3, -0.25) is 4.79 Å². The fraction of sp³-hybridized carbons (Fsp3) is 0.250. The van der Waals surface area contributed by atoms with Crippen molar-refractivity contribution in [2.24, 2.45) is 13.0 Å². The van der Waals surface area contributed by atoms with E-state index in [1.165, 1.54) is 0 Å². The summed E-state index contributed by atoms with van der Waals surface area (Å²) < 4.78 is 15.1. The topological polar surface area (TPSA) is 98.5 Å². The summed E-state index contributed by atoms with van der Waals surface area (Å²) in [4.78, 5) is 12.7. The summed E-state index contributed by atoms with van der Waals surface area (Å²) in [6, 6.07) is 33.5.